The van der Waals surface area contributed by atoms with E-state index in [9.17, 15) is 13.2 Å². The van der Waals surface area contributed by atoms with Gasteiger partial charge in [0, 0.05) is 24.8 Å². The molecule has 0 bridgehead atoms. The Bertz CT molecular complexity index is 630. The van der Waals surface area contributed by atoms with Crippen molar-refractivity contribution in [2.24, 2.45) is 5.73 Å². The second-order valence-corrected chi connectivity index (χ2v) is 6.05. The lowest BCUT2D eigenvalue weighted by atomic mass is 10.2. The molecule has 1 amide bonds. The summed E-state index contributed by atoms with van der Waals surface area (Å²) in [4.78, 5) is 15.8. The molecule has 0 aliphatic heterocycles. The van der Waals surface area contributed by atoms with Crippen molar-refractivity contribution < 1.29 is 13.2 Å². The Kier molecular flexibility index (Phi) is 6.81. The third kappa shape index (κ3) is 7.41. The number of aromatic nitrogens is 1. The summed E-state index contributed by atoms with van der Waals surface area (Å²) in [6.45, 7) is 0.904. The van der Waals surface area contributed by atoms with Crippen molar-refractivity contribution in [1.29, 1.82) is 0 Å². The Hall–Kier alpha value is -1.95. The van der Waals surface area contributed by atoms with Gasteiger partial charge in [-0.25, -0.2) is 18.1 Å². The number of hydrogen-bond acceptors (Lipinski definition) is 5. The fourth-order valence-corrected chi connectivity index (χ4v) is 1.91. The van der Waals surface area contributed by atoms with Crippen LogP contribution in [-0.4, -0.2) is 45.2 Å². The van der Waals surface area contributed by atoms with Gasteiger partial charge in [0.15, 0.2) is 0 Å². The zero-order valence-corrected chi connectivity index (χ0v) is 12.5. The number of hydrogen-bond donors (Lipinski definition) is 3. The van der Waals surface area contributed by atoms with Gasteiger partial charge in [0.2, 0.25) is 10.0 Å². The Morgan fingerprint density at radius 3 is 2.71 bits per heavy atom. The highest BCUT2D eigenvalue weighted by atomic mass is 32.2. The highest BCUT2D eigenvalue weighted by Crippen LogP contribution is 1.98. The van der Waals surface area contributed by atoms with E-state index in [-0.39, 0.29) is 24.7 Å². The number of sulfonamides is 1. The van der Waals surface area contributed by atoms with Gasteiger partial charge in [-0.1, -0.05) is 11.8 Å². The van der Waals surface area contributed by atoms with E-state index < -0.39 is 10.0 Å². The Balaban J connectivity index is 2.38. The first-order valence-corrected chi connectivity index (χ1v) is 8.19. The highest BCUT2D eigenvalue weighted by molar-refractivity contribution is 7.88. The SMILES string of the molecule is CS(=O)(=O)NCCCNC(=O)c1ccc(C#CCN)cn1. The molecule has 0 aliphatic rings. The van der Waals surface area contributed by atoms with Gasteiger partial charge in [0.05, 0.1) is 12.8 Å². The van der Waals surface area contributed by atoms with Crippen LogP contribution in [0.1, 0.15) is 22.5 Å². The maximum absolute atomic E-state index is 11.8. The lowest BCUT2D eigenvalue weighted by Crippen LogP contribution is -2.29. The summed E-state index contributed by atoms with van der Waals surface area (Å²) in [7, 11) is -3.19. The molecule has 1 aromatic rings. The molecule has 0 fully saturated rings. The van der Waals surface area contributed by atoms with Gasteiger partial charge in [0.25, 0.3) is 5.91 Å². The number of nitrogens with zero attached hydrogens (tertiary/aromatic N) is 1. The number of amides is 1. The number of carbonyl (C=O) groups excluding carboxylic acids is 1. The maximum Gasteiger partial charge on any atom is 0.269 e. The minimum Gasteiger partial charge on any atom is -0.351 e. The summed E-state index contributed by atoms with van der Waals surface area (Å²) >= 11 is 0. The summed E-state index contributed by atoms with van der Waals surface area (Å²) in [5, 5.41) is 2.66. The quantitative estimate of drug-likeness (QED) is 0.463. The molecular weight excluding hydrogens is 292 g/mol. The van der Waals surface area contributed by atoms with Crippen molar-refractivity contribution in [2.75, 3.05) is 25.9 Å². The molecule has 21 heavy (non-hydrogen) atoms. The van der Waals surface area contributed by atoms with E-state index in [2.05, 4.69) is 26.9 Å². The van der Waals surface area contributed by atoms with E-state index in [0.717, 1.165) is 6.26 Å². The van der Waals surface area contributed by atoms with Gasteiger partial charge in [-0.05, 0) is 18.6 Å². The minimum atomic E-state index is -3.19. The van der Waals surface area contributed by atoms with E-state index in [1.807, 2.05) is 0 Å². The van der Waals surface area contributed by atoms with Crippen LogP contribution < -0.4 is 15.8 Å². The second-order valence-electron chi connectivity index (χ2n) is 4.21. The first-order valence-electron chi connectivity index (χ1n) is 6.30. The van der Waals surface area contributed by atoms with E-state index >= 15 is 0 Å². The summed E-state index contributed by atoms with van der Waals surface area (Å²) in [6, 6.07) is 3.26. The Morgan fingerprint density at radius 1 is 1.38 bits per heavy atom. The van der Waals surface area contributed by atoms with Gasteiger partial charge >= 0.3 is 0 Å². The zero-order valence-electron chi connectivity index (χ0n) is 11.7. The van der Waals surface area contributed by atoms with Crippen LogP contribution in [-0.2, 0) is 10.0 Å². The minimum absolute atomic E-state index is 0.268. The average molecular weight is 310 g/mol. The van der Waals surface area contributed by atoms with Crippen molar-refractivity contribution in [2.45, 2.75) is 6.42 Å². The molecule has 4 N–H and O–H groups in total. The number of rotatable bonds is 6. The molecule has 1 aromatic heterocycles. The first kappa shape index (κ1) is 17.1. The number of nitrogens with two attached hydrogens (primary N) is 1. The summed E-state index contributed by atoms with van der Waals surface area (Å²) in [5.41, 5.74) is 6.23. The fourth-order valence-electron chi connectivity index (χ4n) is 1.39. The summed E-state index contributed by atoms with van der Waals surface area (Å²) in [5.74, 6) is 5.19. The van der Waals surface area contributed by atoms with Crippen molar-refractivity contribution in [3.8, 4) is 11.8 Å². The lowest BCUT2D eigenvalue weighted by Gasteiger charge is -2.05. The zero-order chi connectivity index (χ0) is 15.7. The monoisotopic (exact) mass is 310 g/mol. The van der Waals surface area contributed by atoms with Crippen LogP contribution in [0, 0.1) is 11.8 Å². The molecule has 0 aromatic carbocycles. The fraction of sp³-hybridized carbons (Fsp3) is 0.385. The summed E-state index contributed by atoms with van der Waals surface area (Å²) < 4.78 is 24.0. The van der Waals surface area contributed by atoms with Crippen LogP contribution in [0.3, 0.4) is 0 Å². The molecule has 0 spiro atoms. The molecule has 7 nitrogen and oxygen atoms in total. The van der Waals surface area contributed by atoms with Crippen LogP contribution in [0.2, 0.25) is 0 Å². The average Bonchev–Trinajstić information content (AvgIpc) is 2.44. The standard InChI is InChI=1S/C13H18N4O3S/c1-21(19,20)17-9-3-8-15-13(18)12-6-5-11(10-16-12)4-2-7-14/h5-6,10,17H,3,7-9,14H2,1H3,(H,15,18). The number of nitrogens with one attached hydrogen (secondary N) is 2. The lowest BCUT2D eigenvalue weighted by molar-refractivity contribution is 0.0948. The van der Waals surface area contributed by atoms with Gasteiger partial charge < -0.3 is 11.1 Å². The van der Waals surface area contributed by atoms with Gasteiger partial charge in [-0.3, -0.25) is 4.79 Å². The van der Waals surface area contributed by atoms with Gasteiger partial charge in [-0.15, -0.1) is 0 Å². The molecule has 0 atom stereocenters. The highest BCUT2D eigenvalue weighted by Gasteiger charge is 2.06. The van der Waals surface area contributed by atoms with Gasteiger partial charge in [-0.2, -0.15) is 0 Å². The van der Waals surface area contributed by atoms with Crippen LogP contribution in [0.15, 0.2) is 18.3 Å². The molecule has 8 heteroatoms. The van der Waals surface area contributed by atoms with Crippen molar-refractivity contribution in [1.82, 2.24) is 15.0 Å². The third-order valence-corrected chi connectivity index (χ3v) is 3.06. The van der Waals surface area contributed by atoms with Crippen molar-refractivity contribution >= 4 is 15.9 Å². The second kappa shape index (κ2) is 8.36. The Labute approximate surface area is 124 Å². The normalized spacial score (nSPS) is 10.6. The van der Waals surface area contributed by atoms with Crippen molar-refractivity contribution in [3.05, 3.63) is 29.6 Å². The molecule has 114 valence electrons. The molecule has 0 radical (unpaired) electrons. The van der Waals surface area contributed by atoms with Gasteiger partial charge in [0.1, 0.15) is 5.69 Å². The van der Waals surface area contributed by atoms with Crippen LogP contribution in [0.4, 0.5) is 0 Å². The topological polar surface area (TPSA) is 114 Å². The van der Waals surface area contributed by atoms with E-state index in [1.165, 1.54) is 6.20 Å². The third-order valence-electron chi connectivity index (χ3n) is 2.33. The molecule has 1 heterocycles. The van der Waals surface area contributed by atoms with Crippen LogP contribution in [0.5, 0.6) is 0 Å². The predicted molar refractivity (Wildman–Crippen MR) is 80.0 cm³/mol. The molecule has 0 aliphatic carbocycles. The molecular formula is C13H18N4O3S. The predicted octanol–water partition coefficient (Wildman–Crippen LogP) is -0.939. The molecule has 0 saturated carbocycles. The molecule has 0 unspecified atom stereocenters. The molecule has 1 rings (SSSR count). The molecule has 0 saturated heterocycles. The maximum atomic E-state index is 11.8. The first-order chi connectivity index (χ1) is 9.92. The number of pyridine rings is 1. The number of carbonyl (C=O) groups is 1. The van der Waals surface area contributed by atoms with Crippen molar-refractivity contribution in [3.63, 3.8) is 0 Å². The van der Waals surface area contributed by atoms with Crippen LogP contribution >= 0.6 is 0 Å². The summed E-state index contributed by atoms with van der Waals surface area (Å²) in [6.07, 6.45) is 3.09. The van der Waals surface area contributed by atoms with E-state index in [0.29, 0.717) is 18.5 Å². The van der Waals surface area contributed by atoms with E-state index in [1.54, 1.807) is 12.1 Å². The van der Waals surface area contributed by atoms with E-state index in [4.69, 9.17) is 5.73 Å². The van der Waals surface area contributed by atoms with Crippen LogP contribution in [0.25, 0.3) is 0 Å². The Morgan fingerprint density at radius 2 is 2.14 bits per heavy atom. The smallest absolute Gasteiger partial charge is 0.269 e. The largest absolute Gasteiger partial charge is 0.351 e.